The van der Waals surface area contributed by atoms with Crippen molar-refractivity contribution in [2.75, 3.05) is 7.11 Å². The van der Waals surface area contributed by atoms with E-state index in [-0.39, 0.29) is 6.10 Å². The van der Waals surface area contributed by atoms with Crippen LogP contribution in [0.3, 0.4) is 0 Å². The largest absolute Gasteiger partial charge is 0.496 e. The van der Waals surface area contributed by atoms with E-state index in [9.17, 15) is 0 Å². The molecule has 3 rings (SSSR count). The number of nitrogens with zero attached hydrogens (tertiary/aromatic N) is 1. The van der Waals surface area contributed by atoms with Gasteiger partial charge in [-0.25, -0.2) is 4.98 Å². The highest BCUT2D eigenvalue weighted by molar-refractivity contribution is 7.11. The Kier molecular flexibility index (Phi) is 4.12. The third-order valence-electron chi connectivity index (χ3n) is 3.58. The van der Waals surface area contributed by atoms with E-state index in [1.807, 2.05) is 13.1 Å². The molecule has 0 aliphatic carbocycles. The second-order valence-electron chi connectivity index (χ2n) is 5.35. The number of hydrogen-bond acceptors (Lipinski definition) is 5. The van der Waals surface area contributed by atoms with Crippen LogP contribution in [0.4, 0.5) is 0 Å². The van der Waals surface area contributed by atoms with Crippen LogP contribution in [0.25, 0.3) is 0 Å². The second-order valence-corrected chi connectivity index (χ2v) is 6.67. The summed E-state index contributed by atoms with van der Waals surface area (Å²) in [7, 11) is 1.72. The number of aryl methyl sites for hydroxylation is 1. The summed E-state index contributed by atoms with van der Waals surface area (Å²) < 4.78 is 11.3. The molecule has 2 heterocycles. The minimum absolute atomic E-state index is 0.257. The number of fused-ring (bicyclic) bond motifs is 1. The van der Waals surface area contributed by atoms with Crippen LogP contribution in [0.5, 0.6) is 11.5 Å². The molecule has 0 unspecified atom stereocenters. The van der Waals surface area contributed by atoms with Crippen molar-refractivity contribution in [1.82, 2.24) is 10.3 Å². The average Bonchev–Trinajstić information content (AvgIpc) is 3.02. The minimum atomic E-state index is 0.257. The van der Waals surface area contributed by atoms with Gasteiger partial charge in [0.1, 0.15) is 17.6 Å². The molecule has 21 heavy (non-hydrogen) atoms. The minimum Gasteiger partial charge on any atom is -0.496 e. The van der Waals surface area contributed by atoms with Gasteiger partial charge in [-0.3, -0.25) is 0 Å². The van der Waals surface area contributed by atoms with Crippen LogP contribution in [0.2, 0.25) is 0 Å². The van der Waals surface area contributed by atoms with Crippen LogP contribution in [0.1, 0.15) is 27.9 Å². The molecule has 5 heteroatoms. The van der Waals surface area contributed by atoms with Gasteiger partial charge in [0.25, 0.3) is 0 Å². The fourth-order valence-electron chi connectivity index (χ4n) is 2.62. The Morgan fingerprint density at radius 1 is 1.43 bits per heavy atom. The Balaban J connectivity index is 1.68. The van der Waals surface area contributed by atoms with E-state index in [1.54, 1.807) is 18.4 Å². The van der Waals surface area contributed by atoms with E-state index in [0.717, 1.165) is 41.6 Å². The Morgan fingerprint density at radius 3 is 3.00 bits per heavy atom. The standard InChI is InChI=1S/C16H20N2O2S/c1-10-4-12-5-15(19-3)13(6-16(12)20-10)7-17-8-14-9-18-11(2)21-14/h5-6,9-10,17H,4,7-8H2,1-3H3/t10-/m1/s1. The molecule has 1 atom stereocenters. The first-order valence-electron chi connectivity index (χ1n) is 7.14. The van der Waals surface area contributed by atoms with Gasteiger partial charge in [-0.2, -0.15) is 0 Å². The molecular weight excluding hydrogens is 284 g/mol. The highest BCUT2D eigenvalue weighted by Crippen LogP contribution is 2.34. The van der Waals surface area contributed by atoms with Gasteiger partial charge in [0.05, 0.1) is 12.1 Å². The number of methoxy groups -OCH3 is 1. The molecular formula is C16H20N2O2S. The zero-order valence-electron chi connectivity index (χ0n) is 12.6. The van der Waals surface area contributed by atoms with Gasteiger partial charge in [-0.05, 0) is 26.0 Å². The molecule has 0 spiro atoms. The van der Waals surface area contributed by atoms with Crippen molar-refractivity contribution in [3.63, 3.8) is 0 Å². The predicted molar refractivity (Wildman–Crippen MR) is 84.2 cm³/mol. The molecule has 0 fully saturated rings. The van der Waals surface area contributed by atoms with Crippen LogP contribution >= 0.6 is 11.3 Å². The normalized spacial score (nSPS) is 16.6. The van der Waals surface area contributed by atoms with E-state index in [4.69, 9.17) is 9.47 Å². The van der Waals surface area contributed by atoms with Gasteiger partial charge in [0.15, 0.2) is 0 Å². The van der Waals surface area contributed by atoms with Crippen LogP contribution < -0.4 is 14.8 Å². The molecule has 1 aliphatic rings. The van der Waals surface area contributed by atoms with Gasteiger partial charge in [0.2, 0.25) is 0 Å². The highest BCUT2D eigenvalue weighted by atomic mass is 32.1. The third-order valence-corrected chi connectivity index (χ3v) is 4.50. The molecule has 0 saturated heterocycles. The van der Waals surface area contributed by atoms with Crippen molar-refractivity contribution < 1.29 is 9.47 Å². The number of rotatable bonds is 5. The van der Waals surface area contributed by atoms with Crippen molar-refractivity contribution in [2.45, 2.75) is 39.5 Å². The zero-order valence-corrected chi connectivity index (χ0v) is 13.4. The maximum atomic E-state index is 5.82. The second kappa shape index (κ2) is 6.03. The highest BCUT2D eigenvalue weighted by Gasteiger charge is 2.21. The number of ether oxygens (including phenoxy) is 2. The predicted octanol–water partition coefficient (Wildman–Crippen LogP) is 3.07. The molecule has 1 aliphatic heterocycles. The molecule has 1 aromatic heterocycles. The molecule has 0 saturated carbocycles. The number of thiazole rings is 1. The quantitative estimate of drug-likeness (QED) is 0.922. The number of nitrogens with one attached hydrogen (secondary N) is 1. The SMILES string of the molecule is COc1cc2c(cc1CNCc1cnc(C)s1)O[C@H](C)C2. The van der Waals surface area contributed by atoms with E-state index in [0.29, 0.717) is 0 Å². The van der Waals surface area contributed by atoms with Crippen LogP contribution in [-0.4, -0.2) is 18.2 Å². The zero-order chi connectivity index (χ0) is 14.8. The first kappa shape index (κ1) is 14.4. The summed E-state index contributed by atoms with van der Waals surface area (Å²) in [6, 6.07) is 4.20. The number of aromatic nitrogens is 1. The summed E-state index contributed by atoms with van der Waals surface area (Å²) in [5, 5.41) is 4.54. The molecule has 0 amide bonds. The summed E-state index contributed by atoms with van der Waals surface area (Å²) in [4.78, 5) is 5.51. The topological polar surface area (TPSA) is 43.4 Å². The summed E-state index contributed by atoms with van der Waals surface area (Å²) in [6.07, 6.45) is 3.14. The van der Waals surface area contributed by atoms with Crippen molar-refractivity contribution >= 4 is 11.3 Å². The number of benzene rings is 1. The van der Waals surface area contributed by atoms with E-state index >= 15 is 0 Å². The first-order chi connectivity index (χ1) is 10.2. The average molecular weight is 304 g/mol. The molecule has 1 N–H and O–H groups in total. The smallest absolute Gasteiger partial charge is 0.123 e. The summed E-state index contributed by atoms with van der Waals surface area (Å²) >= 11 is 1.72. The number of hydrogen-bond donors (Lipinski definition) is 1. The van der Waals surface area contributed by atoms with Crippen LogP contribution in [0.15, 0.2) is 18.3 Å². The van der Waals surface area contributed by atoms with Crippen LogP contribution in [0, 0.1) is 6.92 Å². The van der Waals surface area contributed by atoms with Crippen molar-refractivity contribution in [3.05, 3.63) is 39.3 Å². The van der Waals surface area contributed by atoms with Crippen molar-refractivity contribution in [3.8, 4) is 11.5 Å². The van der Waals surface area contributed by atoms with Gasteiger partial charge >= 0.3 is 0 Å². The lowest BCUT2D eigenvalue weighted by molar-refractivity contribution is 0.254. The molecule has 1 aromatic carbocycles. The Labute approximate surface area is 129 Å². The van der Waals surface area contributed by atoms with Crippen molar-refractivity contribution in [2.24, 2.45) is 0 Å². The van der Waals surface area contributed by atoms with Crippen LogP contribution in [-0.2, 0) is 19.5 Å². The van der Waals surface area contributed by atoms with Gasteiger partial charge in [-0.15, -0.1) is 11.3 Å². The summed E-state index contributed by atoms with van der Waals surface area (Å²) in [6.45, 7) is 5.70. The van der Waals surface area contributed by atoms with E-state index in [2.05, 4.69) is 29.4 Å². The molecule has 0 radical (unpaired) electrons. The summed E-state index contributed by atoms with van der Waals surface area (Å²) in [5.74, 6) is 1.92. The lowest BCUT2D eigenvalue weighted by atomic mass is 10.1. The monoisotopic (exact) mass is 304 g/mol. The lowest BCUT2D eigenvalue weighted by Crippen LogP contribution is -2.12. The van der Waals surface area contributed by atoms with Crippen molar-refractivity contribution in [1.29, 1.82) is 0 Å². The van der Waals surface area contributed by atoms with Gasteiger partial charge in [0, 0.05) is 41.7 Å². The Bertz CT molecular complexity index is 639. The van der Waals surface area contributed by atoms with Gasteiger partial charge in [-0.1, -0.05) is 0 Å². The lowest BCUT2D eigenvalue weighted by Gasteiger charge is -2.11. The van der Waals surface area contributed by atoms with E-state index in [1.165, 1.54) is 10.4 Å². The maximum Gasteiger partial charge on any atom is 0.123 e. The first-order valence-corrected chi connectivity index (χ1v) is 7.96. The Morgan fingerprint density at radius 2 is 2.29 bits per heavy atom. The molecule has 2 aromatic rings. The third kappa shape index (κ3) is 3.19. The molecule has 0 bridgehead atoms. The fourth-order valence-corrected chi connectivity index (χ4v) is 3.38. The molecule has 4 nitrogen and oxygen atoms in total. The summed E-state index contributed by atoms with van der Waals surface area (Å²) in [5.41, 5.74) is 2.37. The van der Waals surface area contributed by atoms with E-state index < -0.39 is 0 Å². The fraction of sp³-hybridized carbons (Fsp3) is 0.438. The molecule has 112 valence electrons. The Hall–Kier alpha value is -1.59. The maximum absolute atomic E-state index is 5.82. The van der Waals surface area contributed by atoms with Gasteiger partial charge < -0.3 is 14.8 Å².